The fraction of sp³-hybridized carbons (Fsp3) is 0.364. The highest BCUT2D eigenvalue weighted by Gasteiger charge is 2.34. The number of thioether (sulfide) groups is 1. The third kappa shape index (κ3) is 4.32. The summed E-state index contributed by atoms with van der Waals surface area (Å²) in [6.45, 7) is 2.67. The van der Waals surface area contributed by atoms with E-state index in [1.807, 2.05) is 0 Å². The van der Waals surface area contributed by atoms with Crippen molar-refractivity contribution < 1.29 is 28.5 Å². The Balaban J connectivity index is 1.67. The highest BCUT2D eigenvalue weighted by Crippen LogP contribution is 2.37. The van der Waals surface area contributed by atoms with Crippen LogP contribution in [0.5, 0.6) is 11.5 Å². The zero-order chi connectivity index (χ0) is 20.1. The highest BCUT2D eigenvalue weighted by atomic mass is 32.2. The summed E-state index contributed by atoms with van der Waals surface area (Å²) in [5.74, 6) is 2.07. The van der Waals surface area contributed by atoms with Crippen LogP contribution >= 0.6 is 11.8 Å². The maximum Gasteiger partial charge on any atom is 0.201 e. The molecule has 2 bridgehead atoms. The smallest absolute Gasteiger partial charge is 0.201 e. The van der Waals surface area contributed by atoms with Crippen molar-refractivity contribution in [1.82, 2.24) is 0 Å². The minimum atomic E-state index is -0.264. The van der Waals surface area contributed by atoms with Crippen molar-refractivity contribution in [2.45, 2.75) is 0 Å². The standard InChI is InChI=1S/C22H22O6S/c23-21-15-3-1-5-17-19(15)22(24)20-16(21)4-2-6-18(20)28-10-8-26-12-14-29-13-11-25-7-9-27-17/h1-6H,7-14H2. The normalized spacial score (nSPS) is 18.2. The molecule has 4 rings (SSSR count). The van der Waals surface area contributed by atoms with Crippen LogP contribution in [0.2, 0.25) is 0 Å². The lowest BCUT2D eigenvalue weighted by molar-refractivity contribution is 0.0949. The van der Waals surface area contributed by atoms with E-state index in [0.717, 1.165) is 11.5 Å². The quantitative estimate of drug-likeness (QED) is 0.560. The zero-order valence-electron chi connectivity index (χ0n) is 16.0. The Morgan fingerprint density at radius 2 is 1.14 bits per heavy atom. The van der Waals surface area contributed by atoms with E-state index in [4.69, 9.17) is 18.9 Å². The van der Waals surface area contributed by atoms with Gasteiger partial charge in [-0.05, 0) is 12.1 Å². The van der Waals surface area contributed by atoms with E-state index in [2.05, 4.69) is 0 Å². The van der Waals surface area contributed by atoms with Crippen LogP contribution in [0.1, 0.15) is 31.8 Å². The van der Waals surface area contributed by atoms with Gasteiger partial charge in [-0.1, -0.05) is 24.3 Å². The average molecular weight is 414 g/mol. The third-order valence-corrected chi connectivity index (χ3v) is 5.62. The number of rotatable bonds is 0. The molecule has 0 fully saturated rings. The van der Waals surface area contributed by atoms with Gasteiger partial charge in [0.1, 0.15) is 24.7 Å². The van der Waals surface area contributed by atoms with Crippen LogP contribution in [0, 0.1) is 0 Å². The Labute approximate surface area is 173 Å². The first-order valence-electron chi connectivity index (χ1n) is 9.61. The summed E-state index contributed by atoms with van der Waals surface area (Å²) in [7, 11) is 0. The molecular weight excluding hydrogens is 392 g/mol. The van der Waals surface area contributed by atoms with Gasteiger partial charge < -0.3 is 18.9 Å². The van der Waals surface area contributed by atoms with E-state index in [1.54, 1.807) is 48.2 Å². The summed E-state index contributed by atoms with van der Waals surface area (Å²) in [5, 5.41) is 0. The summed E-state index contributed by atoms with van der Waals surface area (Å²) in [4.78, 5) is 26.4. The summed E-state index contributed by atoms with van der Waals surface area (Å²) in [5.41, 5.74) is 1.28. The largest absolute Gasteiger partial charge is 0.490 e. The van der Waals surface area contributed by atoms with Gasteiger partial charge in [0, 0.05) is 22.6 Å². The third-order valence-electron chi connectivity index (χ3n) is 4.71. The number of benzene rings is 2. The van der Waals surface area contributed by atoms with Crippen LogP contribution in [0.15, 0.2) is 36.4 Å². The van der Waals surface area contributed by atoms with E-state index in [0.29, 0.717) is 62.3 Å². The molecule has 152 valence electrons. The van der Waals surface area contributed by atoms with Crippen molar-refractivity contribution in [3.8, 4) is 11.5 Å². The van der Waals surface area contributed by atoms with E-state index >= 15 is 0 Å². The molecule has 0 atom stereocenters. The van der Waals surface area contributed by atoms with Gasteiger partial charge in [0.05, 0.1) is 37.6 Å². The van der Waals surface area contributed by atoms with Crippen LogP contribution in [0.3, 0.4) is 0 Å². The second-order valence-electron chi connectivity index (χ2n) is 6.55. The molecule has 7 heteroatoms. The monoisotopic (exact) mass is 414 g/mol. The van der Waals surface area contributed by atoms with E-state index < -0.39 is 0 Å². The zero-order valence-corrected chi connectivity index (χ0v) is 16.8. The molecule has 2 aliphatic rings. The lowest BCUT2D eigenvalue weighted by Gasteiger charge is -2.22. The Bertz CT molecular complexity index is 841. The highest BCUT2D eigenvalue weighted by molar-refractivity contribution is 7.99. The molecule has 0 amide bonds. The molecular formula is C22H22O6S. The molecule has 0 unspecified atom stereocenters. The summed E-state index contributed by atoms with van der Waals surface area (Å²) in [6.07, 6.45) is 0. The van der Waals surface area contributed by atoms with Crippen LogP contribution in [-0.2, 0) is 9.47 Å². The molecule has 2 aromatic carbocycles. The predicted molar refractivity (Wildman–Crippen MR) is 110 cm³/mol. The Kier molecular flexibility index (Phi) is 6.49. The molecule has 6 nitrogen and oxygen atoms in total. The molecule has 0 spiro atoms. The van der Waals surface area contributed by atoms with Gasteiger partial charge in [-0.25, -0.2) is 0 Å². The molecule has 0 aromatic heterocycles. The lowest BCUT2D eigenvalue weighted by atomic mass is 9.83. The van der Waals surface area contributed by atoms with Crippen molar-refractivity contribution in [3.63, 3.8) is 0 Å². The van der Waals surface area contributed by atoms with E-state index in [9.17, 15) is 9.59 Å². The maximum atomic E-state index is 13.4. The number of hydrogen-bond donors (Lipinski definition) is 0. The van der Waals surface area contributed by atoms with Gasteiger partial charge in [-0.2, -0.15) is 11.8 Å². The molecule has 0 saturated heterocycles. The molecule has 0 radical (unpaired) electrons. The molecule has 1 heterocycles. The average Bonchev–Trinajstić information content (AvgIpc) is 2.74. The van der Waals surface area contributed by atoms with Crippen molar-refractivity contribution in [3.05, 3.63) is 58.7 Å². The van der Waals surface area contributed by atoms with Crippen molar-refractivity contribution >= 4 is 23.3 Å². The maximum absolute atomic E-state index is 13.4. The second-order valence-corrected chi connectivity index (χ2v) is 7.77. The molecule has 29 heavy (non-hydrogen) atoms. The molecule has 0 N–H and O–H groups in total. The van der Waals surface area contributed by atoms with Crippen LogP contribution in [0.25, 0.3) is 0 Å². The van der Waals surface area contributed by atoms with Gasteiger partial charge >= 0.3 is 0 Å². The minimum Gasteiger partial charge on any atom is -0.490 e. The topological polar surface area (TPSA) is 71.1 Å². The van der Waals surface area contributed by atoms with Gasteiger partial charge in [-0.15, -0.1) is 0 Å². The van der Waals surface area contributed by atoms with Crippen LogP contribution in [-0.4, -0.2) is 62.7 Å². The number of carbonyl (C=O) groups is 2. The molecule has 2 aromatic rings. The van der Waals surface area contributed by atoms with Gasteiger partial charge in [0.25, 0.3) is 0 Å². The van der Waals surface area contributed by atoms with E-state index in [-0.39, 0.29) is 22.7 Å². The Morgan fingerprint density at radius 3 is 1.66 bits per heavy atom. The Morgan fingerprint density at radius 1 is 0.621 bits per heavy atom. The summed E-state index contributed by atoms with van der Waals surface area (Å²) in [6, 6.07) is 10.2. The summed E-state index contributed by atoms with van der Waals surface area (Å²) < 4.78 is 22.8. The molecule has 1 aliphatic heterocycles. The van der Waals surface area contributed by atoms with Crippen molar-refractivity contribution in [2.24, 2.45) is 0 Å². The summed E-state index contributed by atoms with van der Waals surface area (Å²) >= 11 is 1.77. The first-order valence-corrected chi connectivity index (χ1v) is 10.8. The van der Waals surface area contributed by atoms with Crippen molar-refractivity contribution in [1.29, 1.82) is 0 Å². The second kappa shape index (κ2) is 9.43. The van der Waals surface area contributed by atoms with Gasteiger partial charge in [-0.3, -0.25) is 9.59 Å². The minimum absolute atomic E-state index is 0.204. The SMILES string of the molecule is O=C1c2cccc3c2C(=O)c2c(cccc21)OCCOCCSCCOCCO3. The fourth-order valence-electron chi connectivity index (χ4n) is 3.38. The van der Waals surface area contributed by atoms with E-state index in [1.165, 1.54) is 0 Å². The molecule has 1 aliphatic carbocycles. The first kappa shape index (κ1) is 19.9. The first-order chi connectivity index (χ1) is 14.3. The van der Waals surface area contributed by atoms with Crippen molar-refractivity contribution in [2.75, 3.05) is 51.1 Å². The van der Waals surface area contributed by atoms with Gasteiger partial charge in [0.2, 0.25) is 5.78 Å². The number of hydrogen-bond acceptors (Lipinski definition) is 7. The lowest BCUT2D eigenvalue weighted by Crippen LogP contribution is -2.24. The predicted octanol–water partition coefficient (Wildman–Crippen LogP) is 3.00. The van der Waals surface area contributed by atoms with Gasteiger partial charge in [0.15, 0.2) is 5.78 Å². The number of ether oxygens (including phenoxy) is 4. The van der Waals surface area contributed by atoms with Crippen LogP contribution < -0.4 is 9.47 Å². The Hall–Kier alpha value is -2.35. The number of carbonyl (C=O) groups excluding carboxylic acids is 2. The number of ketones is 2. The molecule has 0 saturated carbocycles. The fourth-order valence-corrected chi connectivity index (χ4v) is 4.06. The van der Waals surface area contributed by atoms with Crippen LogP contribution in [0.4, 0.5) is 0 Å².